The first-order valence-electron chi connectivity index (χ1n) is 8.51. The first kappa shape index (κ1) is 17.4. The second-order valence-corrected chi connectivity index (χ2v) is 8.58. The number of carbonyl (C=O) groups is 1. The molecule has 6 nitrogen and oxygen atoms in total. The van der Waals surface area contributed by atoms with Crippen molar-refractivity contribution < 1.29 is 13.2 Å². The molecule has 1 atom stereocenters. The van der Waals surface area contributed by atoms with Crippen LogP contribution in [0.25, 0.3) is 0 Å². The van der Waals surface area contributed by atoms with Gasteiger partial charge in [-0.15, -0.1) is 0 Å². The summed E-state index contributed by atoms with van der Waals surface area (Å²) >= 11 is 0. The van der Waals surface area contributed by atoms with Crippen LogP contribution in [0.2, 0.25) is 0 Å². The number of benzene rings is 1. The Hall–Kier alpha value is -1.44. The third kappa shape index (κ3) is 3.63. The molecular formula is C17H25N3O3S. The highest BCUT2D eigenvalue weighted by atomic mass is 32.2. The molecule has 2 heterocycles. The van der Waals surface area contributed by atoms with Crippen LogP contribution in [0.3, 0.4) is 0 Å². The van der Waals surface area contributed by atoms with Crippen molar-refractivity contribution in [1.29, 1.82) is 0 Å². The molecule has 0 N–H and O–H groups in total. The lowest BCUT2D eigenvalue weighted by Gasteiger charge is -2.37. The molecular weight excluding hydrogens is 326 g/mol. The molecule has 1 aromatic rings. The van der Waals surface area contributed by atoms with E-state index in [4.69, 9.17) is 0 Å². The van der Waals surface area contributed by atoms with E-state index < -0.39 is 10.0 Å². The number of likely N-dealkylation sites (tertiary alicyclic amines) is 1. The lowest BCUT2D eigenvalue weighted by Crippen LogP contribution is -2.53. The van der Waals surface area contributed by atoms with Crippen LogP contribution in [-0.4, -0.2) is 74.7 Å². The average Bonchev–Trinajstić information content (AvgIpc) is 2.62. The van der Waals surface area contributed by atoms with Gasteiger partial charge in [-0.1, -0.05) is 18.2 Å². The van der Waals surface area contributed by atoms with Crippen molar-refractivity contribution >= 4 is 15.9 Å². The van der Waals surface area contributed by atoms with Crippen LogP contribution in [0.4, 0.5) is 0 Å². The van der Waals surface area contributed by atoms with Crippen molar-refractivity contribution in [3.8, 4) is 0 Å². The van der Waals surface area contributed by atoms with E-state index in [-0.39, 0.29) is 11.8 Å². The minimum Gasteiger partial charge on any atom is -0.340 e. The number of piperidine rings is 1. The van der Waals surface area contributed by atoms with E-state index in [0.29, 0.717) is 31.1 Å². The number of amides is 1. The highest BCUT2D eigenvalue weighted by Crippen LogP contribution is 2.21. The van der Waals surface area contributed by atoms with Gasteiger partial charge in [0, 0.05) is 32.7 Å². The first-order chi connectivity index (χ1) is 11.5. The third-order valence-corrected chi connectivity index (χ3v) is 6.82. The third-order valence-electron chi connectivity index (χ3n) is 4.91. The highest BCUT2D eigenvalue weighted by Gasteiger charge is 2.33. The highest BCUT2D eigenvalue weighted by molar-refractivity contribution is 7.89. The Kier molecular flexibility index (Phi) is 5.22. The normalized spacial score (nSPS) is 24.0. The van der Waals surface area contributed by atoms with Crippen molar-refractivity contribution in [3.05, 3.63) is 30.3 Å². The summed E-state index contributed by atoms with van der Waals surface area (Å²) in [6.45, 7) is 3.54. The van der Waals surface area contributed by atoms with E-state index >= 15 is 0 Å². The lowest BCUT2D eigenvalue weighted by atomic mass is 9.97. The summed E-state index contributed by atoms with van der Waals surface area (Å²) in [7, 11) is -1.41. The molecule has 2 saturated heterocycles. The Morgan fingerprint density at radius 1 is 1.04 bits per heavy atom. The van der Waals surface area contributed by atoms with Gasteiger partial charge in [0.2, 0.25) is 15.9 Å². The van der Waals surface area contributed by atoms with Gasteiger partial charge in [-0.25, -0.2) is 8.42 Å². The van der Waals surface area contributed by atoms with Crippen LogP contribution in [0, 0.1) is 5.92 Å². The predicted molar refractivity (Wildman–Crippen MR) is 92.0 cm³/mol. The number of carbonyl (C=O) groups excluding carboxylic acids is 1. The number of sulfonamides is 1. The van der Waals surface area contributed by atoms with Gasteiger partial charge in [0.15, 0.2) is 0 Å². The van der Waals surface area contributed by atoms with E-state index in [1.54, 1.807) is 30.3 Å². The molecule has 1 amide bonds. The largest absolute Gasteiger partial charge is 0.340 e. The maximum Gasteiger partial charge on any atom is 0.243 e. The van der Waals surface area contributed by atoms with Gasteiger partial charge in [0.05, 0.1) is 10.8 Å². The molecule has 1 unspecified atom stereocenters. The number of rotatable bonds is 3. The van der Waals surface area contributed by atoms with Gasteiger partial charge in [0.25, 0.3) is 0 Å². The molecule has 0 aromatic heterocycles. The van der Waals surface area contributed by atoms with Gasteiger partial charge in [0.1, 0.15) is 0 Å². The molecule has 0 radical (unpaired) electrons. The Balaban J connectivity index is 1.60. The quantitative estimate of drug-likeness (QED) is 0.810. The molecule has 0 saturated carbocycles. The van der Waals surface area contributed by atoms with Gasteiger partial charge in [-0.05, 0) is 38.6 Å². The van der Waals surface area contributed by atoms with Crippen molar-refractivity contribution in [2.45, 2.75) is 17.7 Å². The van der Waals surface area contributed by atoms with Crippen LogP contribution >= 0.6 is 0 Å². The molecule has 3 rings (SSSR count). The Labute approximate surface area is 144 Å². The first-order valence-corrected chi connectivity index (χ1v) is 9.95. The van der Waals surface area contributed by atoms with Crippen molar-refractivity contribution in [2.24, 2.45) is 5.92 Å². The van der Waals surface area contributed by atoms with E-state index in [1.165, 1.54) is 4.31 Å². The van der Waals surface area contributed by atoms with Crippen molar-refractivity contribution in [1.82, 2.24) is 14.1 Å². The Morgan fingerprint density at radius 3 is 2.33 bits per heavy atom. The van der Waals surface area contributed by atoms with Crippen LogP contribution in [0.1, 0.15) is 12.8 Å². The summed E-state index contributed by atoms with van der Waals surface area (Å²) in [5.41, 5.74) is 0. The summed E-state index contributed by atoms with van der Waals surface area (Å²) in [5, 5.41) is 0. The Morgan fingerprint density at radius 2 is 1.71 bits per heavy atom. The molecule has 2 fully saturated rings. The zero-order chi connectivity index (χ0) is 17.2. The maximum atomic E-state index is 12.7. The molecule has 7 heteroatoms. The molecule has 132 valence electrons. The van der Waals surface area contributed by atoms with E-state index in [0.717, 1.165) is 25.9 Å². The fourth-order valence-corrected chi connectivity index (χ4v) is 4.96. The summed E-state index contributed by atoms with van der Waals surface area (Å²) in [4.78, 5) is 17.0. The lowest BCUT2D eigenvalue weighted by molar-refractivity contribution is -0.138. The maximum absolute atomic E-state index is 12.7. The second-order valence-electron chi connectivity index (χ2n) is 6.64. The molecule has 24 heavy (non-hydrogen) atoms. The fraction of sp³-hybridized carbons (Fsp3) is 0.588. The second kappa shape index (κ2) is 7.21. The van der Waals surface area contributed by atoms with E-state index in [2.05, 4.69) is 4.90 Å². The van der Waals surface area contributed by atoms with E-state index in [9.17, 15) is 13.2 Å². The van der Waals surface area contributed by atoms with Gasteiger partial charge >= 0.3 is 0 Å². The summed E-state index contributed by atoms with van der Waals surface area (Å²) in [6.07, 6.45) is 1.99. The van der Waals surface area contributed by atoms with Crippen molar-refractivity contribution in [3.63, 3.8) is 0 Å². The standard InChI is InChI=1S/C17H25N3O3S/c1-18-9-5-6-15(14-18)17(21)19-10-12-20(13-11-19)24(22,23)16-7-3-2-4-8-16/h2-4,7-8,15H,5-6,9-14H2,1H3. The monoisotopic (exact) mass is 351 g/mol. The predicted octanol–water partition coefficient (Wildman–Crippen LogP) is 0.861. The Bertz CT molecular complexity index is 670. The van der Waals surface area contributed by atoms with E-state index in [1.807, 2.05) is 11.9 Å². The van der Waals surface area contributed by atoms with Gasteiger partial charge in [-0.2, -0.15) is 4.31 Å². The van der Waals surface area contributed by atoms with Crippen molar-refractivity contribution in [2.75, 3.05) is 46.3 Å². The number of hydrogen-bond acceptors (Lipinski definition) is 4. The number of piperazine rings is 1. The molecule has 2 aliphatic heterocycles. The summed E-state index contributed by atoms with van der Waals surface area (Å²) in [6, 6.07) is 8.49. The van der Waals surface area contributed by atoms with Crippen LogP contribution < -0.4 is 0 Å². The molecule has 0 bridgehead atoms. The van der Waals surface area contributed by atoms with Crippen LogP contribution in [-0.2, 0) is 14.8 Å². The molecule has 1 aromatic carbocycles. The smallest absolute Gasteiger partial charge is 0.243 e. The fourth-order valence-electron chi connectivity index (χ4n) is 3.52. The zero-order valence-corrected chi connectivity index (χ0v) is 14.9. The molecule has 0 aliphatic carbocycles. The van der Waals surface area contributed by atoms with Crippen LogP contribution in [0.15, 0.2) is 35.2 Å². The minimum atomic E-state index is -3.46. The minimum absolute atomic E-state index is 0.0565. The topological polar surface area (TPSA) is 60.9 Å². The molecule has 0 spiro atoms. The molecule has 2 aliphatic rings. The average molecular weight is 351 g/mol. The van der Waals surface area contributed by atoms with Gasteiger partial charge in [-0.3, -0.25) is 4.79 Å². The van der Waals surface area contributed by atoms with Gasteiger partial charge < -0.3 is 9.80 Å². The number of hydrogen-bond donors (Lipinski definition) is 0. The number of nitrogens with zero attached hydrogens (tertiary/aromatic N) is 3. The summed E-state index contributed by atoms with van der Waals surface area (Å²) < 4.78 is 26.7. The summed E-state index contributed by atoms with van der Waals surface area (Å²) in [5.74, 6) is 0.235. The zero-order valence-electron chi connectivity index (χ0n) is 14.1. The SMILES string of the molecule is CN1CCCC(C(=O)N2CCN(S(=O)(=O)c3ccccc3)CC2)C1. The van der Waals surface area contributed by atoms with Crippen LogP contribution in [0.5, 0.6) is 0 Å².